The van der Waals surface area contributed by atoms with Crippen molar-refractivity contribution in [1.29, 1.82) is 0 Å². The summed E-state index contributed by atoms with van der Waals surface area (Å²) in [7, 11) is -0.474. The van der Waals surface area contributed by atoms with Gasteiger partial charge in [0, 0.05) is 0 Å². The molecular weight excluding hydrogens is 551 g/mol. The first kappa shape index (κ1) is 32.9. The molecule has 5 rings (SSSR count). The molecule has 2 fully saturated rings. The minimum atomic E-state index is -1.34. The lowest BCUT2D eigenvalue weighted by Gasteiger charge is -2.49. The van der Waals surface area contributed by atoms with E-state index in [0.717, 1.165) is 27.7 Å². The summed E-state index contributed by atoms with van der Waals surface area (Å²) < 4.78 is 32.2. The van der Waals surface area contributed by atoms with Crippen LogP contribution in [-0.2, 0) is 42.3 Å². The zero-order valence-electron chi connectivity index (χ0n) is 27.6. The fourth-order valence-corrected chi connectivity index (χ4v) is 6.35. The zero-order chi connectivity index (χ0) is 31.7. The van der Waals surface area contributed by atoms with E-state index in [1.165, 1.54) is 0 Å². The van der Waals surface area contributed by atoms with Crippen LogP contribution in [-0.4, -0.2) is 48.3 Å². The van der Waals surface area contributed by atoms with Crippen LogP contribution in [0, 0.1) is 18.8 Å². The number of aryl methyl sites for hydroxylation is 1. The molecule has 6 nitrogen and oxygen atoms in total. The average Bonchev–Trinajstić information content (AvgIpc) is 3.21. The molecule has 2 saturated heterocycles. The molecule has 2 heterocycles. The zero-order valence-corrected chi connectivity index (χ0v) is 27.6. The Hall–Kier alpha value is -2.52. The highest BCUT2D eigenvalue weighted by Crippen LogP contribution is 2.42. The van der Waals surface area contributed by atoms with Gasteiger partial charge >= 0.3 is 7.12 Å². The lowest BCUT2D eigenvalue weighted by atomic mass is 9.72. The Labute approximate surface area is 264 Å². The van der Waals surface area contributed by atoms with E-state index < -0.39 is 30.0 Å². The molecule has 44 heavy (non-hydrogen) atoms. The molecule has 3 aromatic carbocycles. The Morgan fingerprint density at radius 1 is 0.818 bits per heavy atom. The van der Waals surface area contributed by atoms with Gasteiger partial charge in [-0.05, 0) is 81.1 Å². The molecule has 0 amide bonds. The van der Waals surface area contributed by atoms with Crippen LogP contribution >= 0.6 is 0 Å². The fourth-order valence-electron chi connectivity index (χ4n) is 6.35. The molecule has 0 spiro atoms. The number of aliphatic hydroxyl groups is 1. The Morgan fingerprint density at radius 3 is 1.95 bits per heavy atom. The van der Waals surface area contributed by atoms with Gasteiger partial charge < -0.3 is 28.6 Å². The predicted molar refractivity (Wildman–Crippen MR) is 175 cm³/mol. The SMILES string of the molecule is Cc1cc(B2OC(C)(C)C(C)(C)O2)ccc1C(C)(O)[C@H]1OC(COCc2ccccc2)[C@@H](C)[C@H](C)C1OCc1ccccc1. The number of ether oxygens (including phenoxy) is 3. The highest BCUT2D eigenvalue weighted by atomic mass is 16.7. The van der Waals surface area contributed by atoms with E-state index in [2.05, 4.69) is 71.9 Å². The van der Waals surface area contributed by atoms with Gasteiger partial charge in [-0.25, -0.2) is 0 Å². The van der Waals surface area contributed by atoms with Crippen LogP contribution in [0.15, 0.2) is 78.9 Å². The van der Waals surface area contributed by atoms with Crippen molar-refractivity contribution in [1.82, 2.24) is 0 Å². The summed E-state index contributed by atoms with van der Waals surface area (Å²) in [6.07, 6.45) is -1.16. The van der Waals surface area contributed by atoms with Gasteiger partial charge in [0.25, 0.3) is 0 Å². The second-order valence-corrected chi connectivity index (χ2v) is 13.9. The van der Waals surface area contributed by atoms with E-state index >= 15 is 0 Å². The van der Waals surface area contributed by atoms with Crippen LogP contribution in [0.1, 0.15) is 70.7 Å². The summed E-state index contributed by atoms with van der Waals surface area (Å²) in [6.45, 7) is 17.8. The van der Waals surface area contributed by atoms with Crippen molar-refractivity contribution in [3.63, 3.8) is 0 Å². The molecule has 0 aliphatic carbocycles. The van der Waals surface area contributed by atoms with Crippen molar-refractivity contribution in [3.05, 3.63) is 101 Å². The molecule has 0 saturated carbocycles. The standard InChI is InChI=1S/C37H49BO6/c1-25-21-30(38-43-35(4,5)36(6,7)44-38)19-20-31(25)37(8,39)34-33(41-23-29-17-13-10-14-18-29)27(3)26(2)32(42-34)24-40-22-28-15-11-9-12-16-28/h9-21,26-27,32-34,39H,22-24H2,1-8H3/t26-,27-,32?,33?,34-,37?/m0/s1. The second kappa shape index (κ2) is 13.1. The van der Waals surface area contributed by atoms with E-state index in [1.807, 2.05) is 62.4 Å². The largest absolute Gasteiger partial charge is 0.494 e. The molecule has 0 radical (unpaired) electrons. The number of rotatable bonds is 10. The molecular formula is C37H49BO6. The first-order valence-corrected chi connectivity index (χ1v) is 15.9. The van der Waals surface area contributed by atoms with E-state index in [4.69, 9.17) is 23.5 Å². The third kappa shape index (κ3) is 6.84. The highest BCUT2D eigenvalue weighted by molar-refractivity contribution is 6.62. The smallest absolute Gasteiger partial charge is 0.399 e. The summed E-state index contributed by atoms with van der Waals surface area (Å²) in [6, 6.07) is 26.3. The van der Waals surface area contributed by atoms with Crippen molar-refractivity contribution in [2.45, 2.75) is 104 Å². The average molecular weight is 601 g/mol. The summed E-state index contributed by atoms with van der Waals surface area (Å²) >= 11 is 0. The van der Waals surface area contributed by atoms with E-state index in [9.17, 15) is 5.11 Å². The summed E-state index contributed by atoms with van der Waals surface area (Å²) in [5.74, 6) is 0.268. The van der Waals surface area contributed by atoms with Gasteiger partial charge in [-0.3, -0.25) is 0 Å². The van der Waals surface area contributed by atoms with Gasteiger partial charge in [0.15, 0.2) is 0 Å². The predicted octanol–water partition coefficient (Wildman–Crippen LogP) is 6.34. The Balaban J connectivity index is 1.39. The van der Waals surface area contributed by atoms with E-state index in [0.29, 0.717) is 19.8 Å². The molecule has 0 bridgehead atoms. The molecule has 3 aromatic rings. The topological polar surface area (TPSA) is 66.4 Å². The molecule has 2 aliphatic heterocycles. The lowest BCUT2D eigenvalue weighted by Crippen LogP contribution is -2.59. The van der Waals surface area contributed by atoms with Gasteiger partial charge in [0.1, 0.15) is 11.7 Å². The molecule has 6 atom stereocenters. The van der Waals surface area contributed by atoms with Crippen molar-refractivity contribution >= 4 is 12.6 Å². The van der Waals surface area contributed by atoms with Gasteiger partial charge in [0.05, 0.1) is 43.2 Å². The molecule has 7 heteroatoms. The van der Waals surface area contributed by atoms with Gasteiger partial charge in [-0.2, -0.15) is 0 Å². The summed E-state index contributed by atoms with van der Waals surface area (Å²) in [5, 5.41) is 12.4. The minimum Gasteiger partial charge on any atom is -0.399 e. The Morgan fingerprint density at radius 2 is 1.39 bits per heavy atom. The lowest BCUT2D eigenvalue weighted by molar-refractivity contribution is -0.254. The quantitative estimate of drug-likeness (QED) is 0.274. The maximum Gasteiger partial charge on any atom is 0.494 e. The minimum absolute atomic E-state index is 0.110. The number of hydrogen-bond donors (Lipinski definition) is 1. The molecule has 3 unspecified atom stereocenters. The molecule has 2 aliphatic rings. The van der Waals surface area contributed by atoms with E-state index in [-0.39, 0.29) is 24.0 Å². The van der Waals surface area contributed by atoms with Crippen molar-refractivity contribution in [2.75, 3.05) is 6.61 Å². The summed E-state index contributed by atoms with van der Waals surface area (Å²) in [5.41, 5.74) is 2.66. The van der Waals surface area contributed by atoms with Gasteiger partial charge in [-0.15, -0.1) is 0 Å². The fraction of sp³-hybridized carbons (Fsp3) is 0.514. The first-order chi connectivity index (χ1) is 20.8. The maximum atomic E-state index is 12.4. The number of benzene rings is 3. The summed E-state index contributed by atoms with van der Waals surface area (Å²) in [4.78, 5) is 0. The van der Waals surface area contributed by atoms with Crippen LogP contribution in [0.25, 0.3) is 0 Å². The second-order valence-electron chi connectivity index (χ2n) is 13.9. The third-order valence-corrected chi connectivity index (χ3v) is 10.1. The van der Waals surface area contributed by atoms with Crippen molar-refractivity contribution in [3.8, 4) is 0 Å². The third-order valence-electron chi connectivity index (χ3n) is 10.1. The molecule has 236 valence electrons. The van der Waals surface area contributed by atoms with Crippen molar-refractivity contribution in [2.24, 2.45) is 11.8 Å². The number of hydrogen-bond acceptors (Lipinski definition) is 6. The molecule has 1 N–H and O–H groups in total. The van der Waals surface area contributed by atoms with E-state index in [1.54, 1.807) is 0 Å². The highest BCUT2D eigenvalue weighted by Gasteiger charge is 2.53. The first-order valence-electron chi connectivity index (χ1n) is 15.9. The van der Waals surface area contributed by atoms with Crippen LogP contribution in [0.3, 0.4) is 0 Å². The van der Waals surface area contributed by atoms with Gasteiger partial charge in [-0.1, -0.05) is 92.7 Å². The maximum absolute atomic E-state index is 12.4. The van der Waals surface area contributed by atoms with Gasteiger partial charge in [0.2, 0.25) is 0 Å². The van der Waals surface area contributed by atoms with Crippen LogP contribution < -0.4 is 5.46 Å². The monoisotopic (exact) mass is 600 g/mol. The Bertz CT molecular complexity index is 1360. The van der Waals surface area contributed by atoms with Crippen molar-refractivity contribution < 1.29 is 28.6 Å². The van der Waals surface area contributed by atoms with Crippen LogP contribution in [0.5, 0.6) is 0 Å². The van der Waals surface area contributed by atoms with Crippen LogP contribution in [0.2, 0.25) is 0 Å². The molecule has 0 aromatic heterocycles. The Kier molecular flexibility index (Phi) is 9.76. The van der Waals surface area contributed by atoms with Crippen LogP contribution in [0.4, 0.5) is 0 Å². The normalized spacial score (nSPS) is 27.7.